The van der Waals surface area contributed by atoms with Crippen LogP contribution in [0.1, 0.15) is 38.5 Å². The molecule has 3 heterocycles. The Morgan fingerprint density at radius 1 is 0.938 bits per heavy atom. The third kappa shape index (κ3) is 2.03. The van der Waals surface area contributed by atoms with E-state index in [1.807, 2.05) is 0 Å². The van der Waals surface area contributed by atoms with E-state index in [0.717, 1.165) is 38.9 Å². The highest BCUT2D eigenvalue weighted by molar-refractivity contribution is 5.83. The summed E-state index contributed by atoms with van der Waals surface area (Å²) in [5.74, 6) is 1.19. The number of Topliss-reactive ketones (excluding diaryl/α,β-unsaturated/α-hetero) is 1. The molecule has 3 aliphatic rings. The molecule has 1 N–H and O–H groups in total. The van der Waals surface area contributed by atoms with Crippen molar-refractivity contribution in [2.45, 2.75) is 50.6 Å². The summed E-state index contributed by atoms with van der Waals surface area (Å²) in [6.07, 6.45) is 6.65. The standard InChI is InChI=1S/C13H21NO2/c15-13(9-3-5-16-6-4-9)10-7-11-1-2-12(8-10)14-11/h9-12,14H,1-8H2. The molecule has 2 atom stereocenters. The van der Waals surface area contributed by atoms with Gasteiger partial charge < -0.3 is 10.1 Å². The maximum absolute atomic E-state index is 12.4. The summed E-state index contributed by atoms with van der Waals surface area (Å²) in [5.41, 5.74) is 0. The van der Waals surface area contributed by atoms with E-state index in [1.165, 1.54) is 12.8 Å². The zero-order valence-corrected chi connectivity index (χ0v) is 9.78. The van der Waals surface area contributed by atoms with E-state index in [0.29, 0.717) is 29.7 Å². The zero-order chi connectivity index (χ0) is 11.0. The Labute approximate surface area is 96.9 Å². The third-order valence-corrected chi connectivity index (χ3v) is 4.50. The molecule has 2 unspecified atom stereocenters. The van der Waals surface area contributed by atoms with E-state index in [1.54, 1.807) is 0 Å². The van der Waals surface area contributed by atoms with Crippen molar-refractivity contribution < 1.29 is 9.53 Å². The molecular formula is C13H21NO2. The van der Waals surface area contributed by atoms with Crippen LogP contribution < -0.4 is 5.32 Å². The molecule has 0 aromatic rings. The van der Waals surface area contributed by atoms with E-state index in [4.69, 9.17) is 4.74 Å². The lowest BCUT2D eigenvalue weighted by molar-refractivity contribution is -0.130. The van der Waals surface area contributed by atoms with E-state index in [-0.39, 0.29) is 0 Å². The first kappa shape index (κ1) is 10.7. The first-order valence-corrected chi connectivity index (χ1v) is 6.70. The van der Waals surface area contributed by atoms with Gasteiger partial charge in [-0.2, -0.15) is 0 Å². The fraction of sp³-hybridized carbons (Fsp3) is 0.923. The fourth-order valence-electron chi connectivity index (χ4n) is 3.61. The van der Waals surface area contributed by atoms with Crippen molar-refractivity contribution in [2.75, 3.05) is 13.2 Å². The lowest BCUT2D eigenvalue weighted by Crippen LogP contribution is -2.42. The van der Waals surface area contributed by atoms with Crippen LogP contribution in [0.15, 0.2) is 0 Å². The minimum Gasteiger partial charge on any atom is -0.381 e. The topological polar surface area (TPSA) is 38.3 Å². The smallest absolute Gasteiger partial charge is 0.139 e. The Hall–Kier alpha value is -0.410. The Morgan fingerprint density at radius 3 is 2.19 bits per heavy atom. The zero-order valence-electron chi connectivity index (χ0n) is 9.78. The van der Waals surface area contributed by atoms with Crippen molar-refractivity contribution in [3.8, 4) is 0 Å². The number of hydrogen-bond acceptors (Lipinski definition) is 3. The summed E-state index contributed by atoms with van der Waals surface area (Å²) in [7, 11) is 0. The van der Waals surface area contributed by atoms with Crippen molar-refractivity contribution in [3.05, 3.63) is 0 Å². The number of nitrogens with one attached hydrogen (secondary N) is 1. The number of rotatable bonds is 2. The largest absolute Gasteiger partial charge is 0.381 e. The first-order valence-electron chi connectivity index (χ1n) is 6.70. The van der Waals surface area contributed by atoms with Crippen molar-refractivity contribution in [3.63, 3.8) is 0 Å². The van der Waals surface area contributed by atoms with Crippen LogP contribution in [0.2, 0.25) is 0 Å². The summed E-state index contributed by atoms with van der Waals surface area (Å²) in [6.45, 7) is 1.57. The number of carbonyl (C=O) groups is 1. The second-order valence-corrected chi connectivity index (χ2v) is 5.60. The van der Waals surface area contributed by atoms with Crippen molar-refractivity contribution in [1.82, 2.24) is 5.32 Å². The van der Waals surface area contributed by atoms with Crippen LogP contribution in [0.4, 0.5) is 0 Å². The van der Waals surface area contributed by atoms with Gasteiger partial charge in [-0.05, 0) is 38.5 Å². The minimum absolute atomic E-state index is 0.302. The first-order chi connectivity index (χ1) is 7.83. The van der Waals surface area contributed by atoms with Crippen LogP contribution in [0.3, 0.4) is 0 Å². The summed E-state index contributed by atoms with van der Waals surface area (Å²) >= 11 is 0. The third-order valence-electron chi connectivity index (χ3n) is 4.50. The van der Waals surface area contributed by atoms with E-state index < -0.39 is 0 Å². The molecule has 0 radical (unpaired) electrons. The maximum Gasteiger partial charge on any atom is 0.139 e. The maximum atomic E-state index is 12.4. The molecule has 3 heteroatoms. The van der Waals surface area contributed by atoms with Gasteiger partial charge in [0, 0.05) is 37.1 Å². The fourth-order valence-corrected chi connectivity index (χ4v) is 3.61. The molecule has 90 valence electrons. The second-order valence-electron chi connectivity index (χ2n) is 5.60. The van der Waals surface area contributed by atoms with Gasteiger partial charge in [-0.25, -0.2) is 0 Å². The van der Waals surface area contributed by atoms with Crippen LogP contribution in [0, 0.1) is 11.8 Å². The van der Waals surface area contributed by atoms with E-state index in [2.05, 4.69) is 5.32 Å². The van der Waals surface area contributed by atoms with E-state index >= 15 is 0 Å². The molecule has 3 aliphatic heterocycles. The molecule has 0 aliphatic carbocycles. The predicted octanol–water partition coefficient (Wildman–Crippen LogP) is 1.51. The molecule has 3 rings (SSSR count). The van der Waals surface area contributed by atoms with Crippen molar-refractivity contribution >= 4 is 5.78 Å². The molecule has 0 saturated carbocycles. The molecule has 3 saturated heterocycles. The van der Waals surface area contributed by atoms with Gasteiger partial charge >= 0.3 is 0 Å². The van der Waals surface area contributed by atoms with Crippen molar-refractivity contribution in [1.29, 1.82) is 0 Å². The average Bonchev–Trinajstić information content (AvgIpc) is 2.68. The molecular weight excluding hydrogens is 202 g/mol. The van der Waals surface area contributed by atoms with Crippen LogP contribution in [-0.4, -0.2) is 31.1 Å². The average molecular weight is 223 g/mol. The highest BCUT2D eigenvalue weighted by Gasteiger charge is 2.38. The summed E-state index contributed by atoms with van der Waals surface area (Å²) in [6, 6.07) is 1.26. The molecule has 2 bridgehead atoms. The Kier molecular flexibility index (Phi) is 2.99. The van der Waals surface area contributed by atoms with Crippen molar-refractivity contribution in [2.24, 2.45) is 11.8 Å². The summed E-state index contributed by atoms with van der Waals surface area (Å²) < 4.78 is 5.33. The van der Waals surface area contributed by atoms with Crippen LogP contribution in [0.25, 0.3) is 0 Å². The van der Waals surface area contributed by atoms with Gasteiger partial charge in [0.15, 0.2) is 0 Å². The minimum atomic E-state index is 0.302. The molecule has 0 spiro atoms. The normalized spacial score (nSPS) is 39.9. The molecule has 16 heavy (non-hydrogen) atoms. The Balaban J connectivity index is 1.61. The van der Waals surface area contributed by atoms with Gasteiger partial charge in [0.25, 0.3) is 0 Å². The monoisotopic (exact) mass is 223 g/mol. The van der Waals surface area contributed by atoms with E-state index in [9.17, 15) is 4.79 Å². The molecule has 0 aromatic heterocycles. The number of hydrogen-bond donors (Lipinski definition) is 1. The number of piperidine rings is 1. The number of ketones is 1. The summed E-state index contributed by atoms with van der Waals surface area (Å²) in [5, 5.41) is 3.60. The van der Waals surface area contributed by atoms with Gasteiger partial charge in [0.1, 0.15) is 5.78 Å². The Morgan fingerprint density at radius 2 is 1.56 bits per heavy atom. The highest BCUT2D eigenvalue weighted by Crippen LogP contribution is 2.34. The highest BCUT2D eigenvalue weighted by atomic mass is 16.5. The van der Waals surface area contributed by atoms with Gasteiger partial charge in [-0.3, -0.25) is 4.79 Å². The lowest BCUT2D eigenvalue weighted by atomic mass is 9.80. The quantitative estimate of drug-likeness (QED) is 0.771. The van der Waals surface area contributed by atoms with Crippen LogP contribution in [0.5, 0.6) is 0 Å². The molecule has 3 nitrogen and oxygen atoms in total. The molecule has 3 fully saturated rings. The number of ether oxygens (including phenoxy) is 1. The number of carbonyl (C=O) groups excluding carboxylic acids is 1. The molecule has 0 aromatic carbocycles. The lowest BCUT2D eigenvalue weighted by Gasteiger charge is -2.31. The predicted molar refractivity (Wildman–Crippen MR) is 61.2 cm³/mol. The molecule has 0 amide bonds. The number of fused-ring (bicyclic) bond motifs is 2. The second kappa shape index (κ2) is 4.46. The van der Waals surface area contributed by atoms with Gasteiger partial charge in [-0.15, -0.1) is 0 Å². The van der Waals surface area contributed by atoms with Crippen LogP contribution in [-0.2, 0) is 9.53 Å². The van der Waals surface area contributed by atoms with Crippen LogP contribution >= 0.6 is 0 Å². The SMILES string of the molecule is O=C(C1CCOCC1)C1CC2CCC(C1)N2. The van der Waals surface area contributed by atoms with Gasteiger partial charge in [0.05, 0.1) is 0 Å². The van der Waals surface area contributed by atoms with Gasteiger partial charge in [0.2, 0.25) is 0 Å². The van der Waals surface area contributed by atoms with Gasteiger partial charge in [-0.1, -0.05) is 0 Å². The Bertz CT molecular complexity index is 261. The summed E-state index contributed by atoms with van der Waals surface area (Å²) in [4.78, 5) is 12.4.